The molecule has 0 aliphatic heterocycles. The molecule has 0 spiro atoms. The molecule has 0 aromatic heterocycles. The van der Waals surface area contributed by atoms with Gasteiger partial charge in [0.05, 0.1) is 53.1 Å². The summed E-state index contributed by atoms with van der Waals surface area (Å²) < 4.78 is 117. The number of methoxy groups -OCH3 is 5. The van der Waals surface area contributed by atoms with E-state index in [1.807, 2.05) is 12.1 Å². The Hall–Kier alpha value is -6.12. The van der Waals surface area contributed by atoms with E-state index in [1.54, 1.807) is 44.6 Å². The number of carbonyl (C=O) groups is 1. The van der Waals surface area contributed by atoms with E-state index in [1.165, 1.54) is 62.6 Å². The maximum atomic E-state index is 14.5. The average Bonchev–Trinajstić information content (AvgIpc) is 3.21. The Kier molecular flexibility index (Phi) is 15.6. The van der Waals surface area contributed by atoms with Gasteiger partial charge in [0, 0.05) is 42.7 Å². The molecule has 5 rings (SSSR count). The predicted molar refractivity (Wildman–Crippen MR) is 207 cm³/mol. The Balaban J connectivity index is 0.000000280. The average molecular weight is 817 g/mol. The summed E-state index contributed by atoms with van der Waals surface area (Å²) in [6.07, 6.45) is -8.05. The van der Waals surface area contributed by atoms with Gasteiger partial charge in [-0.25, -0.2) is 4.39 Å². The van der Waals surface area contributed by atoms with E-state index in [0.29, 0.717) is 53.0 Å². The molecule has 0 heterocycles. The van der Waals surface area contributed by atoms with Crippen molar-refractivity contribution < 1.29 is 59.2 Å². The quantitative estimate of drug-likeness (QED) is 0.105. The summed E-state index contributed by atoms with van der Waals surface area (Å²) in [7, 11) is 7.49. The van der Waals surface area contributed by atoms with E-state index in [0.717, 1.165) is 35.5 Å². The van der Waals surface area contributed by atoms with Crippen LogP contribution in [0.25, 0.3) is 0 Å². The Labute approximate surface area is 332 Å². The van der Waals surface area contributed by atoms with Crippen molar-refractivity contribution >= 4 is 17.3 Å². The summed E-state index contributed by atoms with van der Waals surface area (Å²) in [6, 6.07) is 24.6. The van der Waals surface area contributed by atoms with Crippen molar-refractivity contribution in [2.75, 3.05) is 58.9 Å². The van der Waals surface area contributed by atoms with Gasteiger partial charge in [0.2, 0.25) is 5.91 Å². The number of benzene rings is 5. The predicted octanol–water partition coefficient (Wildman–Crippen LogP) is 10.1. The summed E-state index contributed by atoms with van der Waals surface area (Å²) in [6.45, 7) is 0.748. The lowest BCUT2D eigenvalue weighted by Crippen LogP contribution is -2.34. The molecule has 58 heavy (non-hydrogen) atoms. The van der Waals surface area contributed by atoms with Gasteiger partial charge in [-0.2, -0.15) is 26.3 Å². The maximum Gasteiger partial charge on any atom is 0.416 e. The summed E-state index contributed by atoms with van der Waals surface area (Å²) >= 11 is 0. The zero-order valence-electron chi connectivity index (χ0n) is 32.4. The van der Waals surface area contributed by atoms with Crippen LogP contribution < -0.4 is 33.9 Å². The molecule has 0 aliphatic carbocycles. The molecule has 1 amide bonds. The van der Waals surface area contributed by atoms with E-state index < -0.39 is 35.2 Å². The van der Waals surface area contributed by atoms with Crippen LogP contribution in [0.2, 0.25) is 0 Å². The molecule has 0 atom stereocenters. The highest BCUT2D eigenvalue weighted by atomic mass is 19.4. The molecule has 310 valence electrons. The molecular weight excluding hydrogens is 773 g/mol. The number of amides is 1. The number of alkyl halides is 6. The van der Waals surface area contributed by atoms with Gasteiger partial charge in [0.1, 0.15) is 11.6 Å². The molecule has 0 unspecified atom stereocenters. The number of rotatable bonds is 15. The SMILES string of the molecule is COc1ccc(CC(=O)N(CCc2ccc(C(F)(F)F)cc2)c2ccc(OC)c(OC)c2)c(F)c1.COc1ccc(NCCc2ccc(C(F)(F)F)cc2)cc1OC. The molecular formula is C43H43F7N2O6. The number of ether oxygens (including phenoxy) is 5. The molecule has 8 nitrogen and oxygen atoms in total. The van der Waals surface area contributed by atoms with Gasteiger partial charge in [-0.15, -0.1) is 0 Å². The lowest BCUT2D eigenvalue weighted by Gasteiger charge is -2.24. The third kappa shape index (κ3) is 12.4. The minimum atomic E-state index is -4.43. The molecule has 0 aliphatic rings. The topological polar surface area (TPSA) is 78.5 Å². The summed E-state index contributed by atoms with van der Waals surface area (Å²) in [5, 5.41) is 3.21. The summed E-state index contributed by atoms with van der Waals surface area (Å²) in [5.74, 6) is 1.48. The second-order valence-corrected chi connectivity index (χ2v) is 12.6. The van der Waals surface area contributed by atoms with Crippen molar-refractivity contribution in [3.05, 3.63) is 137 Å². The molecule has 0 radical (unpaired) electrons. The van der Waals surface area contributed by atoms with Crippen LogP contribution in [-0.2, 0) is 36.4 Å². The number of nitrogens with zero attached hydrogens (tertiary/aromatic N) is 1. The van der Waals surface area contributed by atoms with E-state index in [4.69, 9.17) is 23.7 Å². The minimum absolute atomic E-state index is 0.150. The first-order valence-corrected chi connectivity index (χ1v) is 17.7. The Morgan fingerprint density at radius 3 is 1.60 bits per heavy atom. The zero-order valence-corrected chi connectivity index (χ0v) is 32.4. The fraction of sp³-hybridized carbons (Fsp3) is 0.279. The third-order valence-corrected chi connectivity index (χ3v) is 8.89. The first kappa shape index (κ1) is 44.6. The first-order valence-electron chi connectivity index (χ1n) is 17.7. The number of hydrogen-bond donors (Lipinski definition) is 1. The lowest BCUT2D eigenvalue weighted by atomic mass is 10.1. The molecule has 5 aromatic carbocycles. The van der Waals surface area contributed by atoms with Gasteiger partial charge in [-0.3, -0.25) is 4.79 Å². The number of nitrogens with one attached hydrogen (secondary N) is 1. The number of hydrogen-bond acceptors (Lipinski definition) is 7. The van der Waals surface area contributed by atoms with Crippen molar-refractivity contribution in [2.45, 2.75) is 31.6 Å². The Morgan fingerprint density at radius 2 is 1.10 bits per heavy atom. The highest BCUT2D eigenvalue weighted by molar-refractivity contribution is 5.95. The molecule has 0 fully saturated rings. The summed E-state index contributed by atoms with van der Waals surface area (Å²) in [4.78, 5) is 14.7. The van der Waals surface area contributed by atoms with Gasteiger partial charge < -0.3 is 33.9 Å². The van der Waals surface area contributed by atoms with Crippen LogP contribution in [0, 0.1) is 5.82 Å². The molecule has 15 heteroatoms. The second-order valence-electron chi connectivity index (χ2n) is 12.6. The van der Waals surface area contributed by atoms with Crippen molar-refractivity contribution in [1.29, 1.82) is 0 Å². The first-order chi connectivity index (χ1) is 27.6. The summed E-state index contributed by atoms with van der Waals surface area (Å²) in [5.41, 5.74) is 1.61. The molecule has 5 aromatic rings. The number of anilines is 2. The molecule has 0 bridgehead atoms. The highest BCUT2D eigenvalue weighted by Crippen LogP contribution is 2.34. The van der Waals surface area contributed by atoms with Crippen LogP contribution in [0.4, 0.5) is 42.1 Å². The molecule has 1 N–H and O–H groups in total. The molecule has 0 saturated carbocycles. The molecule has 0 saturated heterocycles. The minimum Gasteiger partial charge on any atom is -0.497 e. The van der Waals surface area contributed by atoms with Crippen LogP contribution in [0.5, 0.6) is 28.7 Å². The van der Waals surface area contributed by atoms with Crippen LogP contribution in [0.15, 0.2) is 103 Å². The standard InChI is InChI=1S/C26H25F4NO4.C17H18F3NO2/c1-33-21-10-6-18(22(27)16-21)14-25(32)31(20-9-11-23(34-2)24(15-20)35-3)13-12-17-4-7-19(8-5-17)26(28,29)30;1-22-15-8-7-14(11-16(15)23-2)21-10-9-12-3-5-13(6-4-12)17(18,19)20/h4-11,15-16H,12-14H2,1-3H3;3-8,11,21H,9-10H2,1-2H3. The zero-order chi connectivity index (χ0) is 42.5. The van der Waals surface area contributed by atoms with Crippen molar-refractivity contribution in [3.8, 4) is 28.7 Å². The third-order valence-electron chi connectivity index (χ3n) is 8.89. The van der Waals surface area contributed by atoms with Crippen molar-refractivity contribution in [1.82, 2.24) is 0 Å². The van der Waals surface area contributed by atoms with Crippen LogP contribution in [-0.4, -0.2) is 54.5 Å². The van der Waals surface area contributed by atoms with Crippen molar-refractivity contribution in [2.24, 2.45) is 0 Å². The van der Waals surface area contributed by atoms with E-state index in [2.05, 4.69) is 5.32 Å². The normalized spacial score (nSPS) is 11.2. The van der Waals surface area contributed by atoms with E-state index in [-0.39, 0.29) is 24.9 Å². The van der Waals surface area contributed by atoms with Crippen LogP contribution in [0.1, 0.15) is 27.8 Å². The Bertz CT molecular complexity index is 2090. The van der Waals surface area contributed by atoms with Gasteiger partial charge >= 0.3 is 12.4 Å². The van der Waals surface area contributed by atoms with Gasteiger partial charge in [0.15, 0.2) is 23.0 Å². The Morgan fingerprint density at radius 1 is 0.586 bits per heavy atom. The van der Waals surface area contributed by atoms with Gasteiger partial charge in [0.25, 0.3) is 0 Å². The smallest absolute Gasteiger partial charge is 0.416 e. The monoisotopic (exact) mass is 816 g/mol. The van der Waals surface area contributed by atoms with Crippen molar-refractivity contribution in [3.63, 3.8) is 0 Å². The maximum absolute atomic E-state index is 14.5. The van der Waals surface area contributed by atoms with E-state index in [9.17, 15) is 35.5 Å². The van der Waals surface area contributed by atoms with E-state index >= 15 is 0 Å². The largest absolute Gasteiger partial charge is 0.497 e. The van der Waals surface area contributed by atoms with Gasteiger partial charge in [-0.05, 0) is 84.1 Å². The van der Waals surface area contributed by atoms with Gasteiger partial charge in [-0.1, -0.05) is 30.3 Å². The fourth-order valence-electron chi connectivity index (χ4n) is 5.71. The number of halogens is 7. The lowest BCUT2D eigenvalue weighted by molar-refractivity contribution is -0.138. The second kappa shape index (κ2) is 20.3. The van der Waals surface area contributed by atoms with Crippen LogP contribution >= 0.6 is 0 Å². The number of carbonyl (C=O) groups excluding carboxylic acids is 1. The van der Waals surface area contributed by atoms with Crippen LogP contribution in [0.3, 0.4) is 0 Å². The highest BCUT2D eigenvalue weighted by Gasteiger charge is 2.31. The fourth-order valence-corrected chi connectivity index (χ4v) is 5.71.